The Bertz CT molecular complexity index is 346. The van der Waals surface area contributed by atoms with E-state index in [1.54, 1.807) is 6.07 Å². The van der Waals surface area contributed by atoms with Crippen LogP contribution in [0.3, 0.4) is 0 Å². The molecular weight excluding hydrogens is 157 g/mol. The van der Waals surface area contributed by atoms with Crippen molar-refractivity contribution in [3.63, 3.8) is 0 Å². The van der Waals surface area contributed by atoms with Crippen molar-refractivity contribution < 1.29 is 4.39 Å². The minimum atomic E-state index is -0.268. The Balaban J connectivity index is 2.43. The van der Waals surface area contributed by atoms with E-state index < -0.39 is 0 Å². The topological polar surface area (TPSA) is 52.2 Å². The van der Waals surface area contributed by atoms with Gasteiger partial charge in [0, 0.05) is 11.6 Å². The van der Waals surface area contributed by atoms with Gasteiger partial charge in [-0.15, -0.1) is 4.99 Å². The summed E-state index contributed by atoms with van der Waals surface area (Å²) < 4.78 is 12.7. The van der Waals surface area contributed by atoms with E-state index in [0.29, 0.717) is 18.2 Å². The monoisotopic (exact) mass is 165 g/mol. The van der Waals surface area contributed by atoms with E-state index in [2.05, 4.69) is 10.3 Å². The normalized spacial score (nSPS) is 14.6. The molecule has 12 heavy (non-hydrogen) atoms. The van der Waals surface area contributed by atoms with Crippen LogP contribution < -0.4 is 16.0 Å². The van der Waals surface area contributed by atoms with Crippen LogP contribution in [0.1, 0.15) is 5.56 Å². The summed E-state index contributed by atoms with van der Waals surface area (Å²) in [5.74, 6) is 0.0732. The first kappa shape index (κ1) is 7.09. The smallest absolute Gasteiger partial charge is 0.288 e. The number of guanidine groups is 1. The van der Waals surface area contributed by atoms with E-state index in [-0.39, 0.29) is 5.82 Å². The highest BCUT2D eigenvalue weighted by Gasteiger charge is 2.15. The molecule has 1 radical (unpaired) electrons. The summed E-state index contributed by atoms with van der Waals surface area (Å²) in [5.41, 5.74) is 7.09. The third-order valence-corrected chi connectivity index (χ3v) is 1.75. The molecule has 3 N–H and O–H groups in total. The second-order valence-corrected chi connectivity index (χ2v) is 2.63. The molecule has 0 saturated carbocycles. The molecule has 0 fully saturated rings. The molecule has 1 heterocycles. The van der Waals surface area contributed by atoms with Crippen molar-refractivity contribution in [2.75, 3.05) is 5.32 Å². The molecule has 61 valence electrons. The van der Waals surface area contributed by atoms with Gasteiger partial charge < -0.3 is 0 Å². The Labute approximate surface area is 69.1 Å². The molecule has 1 aromatic rings. The summed E-state index contributed by atoms with van der Waals surface area (Å²) in [6.45, 7) is 0.522. The molecule has 0 aromatic heterocycles. The fourth-order valence-corrected chi connectivity index (χ4v) is 1.15. The molecule has 4 heteroatoms. The van der Waals surface area contributed by atoms with Crippen LogP contribution >= 0.6 is 0 Å². The van der Waals surface area contributed by atoms with Gasteiger partial charge >= 0.3 is 5.96 Å². The summed E-state index contributed by atoms with van der Waals surface area (Å²) in [6.07, 6.45) is 0. The minimum absolute atomic E-state index is 0.268. The third-order valence-electron chi connectivity index (χ3n) is 1.75. The maximum atomic E-state index is 12.7. The Morgan fingerprint density at radius 3 is 3.17 bits per heavy atom. The minimum Gasteiger partial charge on any atom is -0.288 e. The predicted molar refractivity (Wildman–Crippen MR) is 45.1 cm³/mol. The molecule has 0 spiro atoms. The Hall–Kier alpha value is -1.58. The largest absolute Gasteiger partial charge is 0.382 e. The van der Waals surface area contributed by atoms with Gasteiger partial charge in [-0.3, -0.25) is 5.73 Å². The van der Waals surface area contributed by atoms with Crippen molar-refractivity contribution in [2.24, 2.45) is 5.73 Å². The van der Waals surface area contributed by atoms with Crippen molar-refractivity contribution in [1.82, 2.24) is 4.99 Å². The van der Waals surface area contributed by atoms with Gasteiger partial charge in [0.25, 0.3) is 0 Å². The van der Waals surface area contributed by atoms with Crippen LogP contribution in [0.15, 0.2) is 18.2 Å². The maximum absolute atomic E-state index is 12.7. The summed E-state index contributed by atoms with van der Waals surface area (Å²) in [6, 6.07) is 4.53. The third kappa shape index (κ3) is 1.11. The van der Waals surface area contributed by atoms with Gasteiger partial charge in [0.15, 0.2) is 0 Å². The van der Waals surface area contributed by atoms with Gasteiger partial charge in [0.05, 0.1) is 0 Å². The zero-order chi connectivity index (χ0) is 8.55. The Morgan fingerprint density at radius 1 is 1.50 bits per heavy atom. The van der Waals surface area contributed by atoms with Crippen molar-refractivity contribution in [1.29, 1.82) is 0 Å². The average molecular weight is 165 g/mol. The lowest BCUT2D eigenvalue weighted by atomic mass is 10.1. The quantitative estimate of drug-likeness (QED) is 0.584. The van der Waals surface area contributed by atoms with Crippen LogP contribution in [0, 0.1) is 5.82 Å². The van der Waals surface area contributed by atoms with Crippen LogP contribution in [-0.2, 0) is 6.54 Å². The number of rotatable bonds is 0. The zero-order valence-corrected chi connectivity index (χ0v) is 6.34. The van der Waals surface area contributed by atoms with Crippen molar-refractivity contribution >= 4 is 11.6 Å². The predicted octanol–water partition coefficient (Wildman–Crippen LogP) is 0.402. The van der Waals surface area contributed by atoms with E-state index in [9.17, 15) is 4.39 Å². The molecule has 0 unspecified atom stereocenters. The number of hydrogen-bond donors (Lipinski definition) is 2. The molecule has 1 aromatic carbocycles. The first-order chi connectivity index (χ1) is 5.75. The Kier molecular flexibility index (Phi) is 1.46. The molecule has 0 amide bonds. The van der Waals surface area contributed by atoms with E-state index in [0.717, 1.165) is 5.56 Å². The van der Waals surface area contributed by atoms with Crippen LogP contribution in [-0.4, -0.2) is 5.96 Å². The molecule has 1 aliphatic rings. The van der Waals surface area contributed by atoms with Gasteiger partial charge in [0.2, 0.25) is 0 Å². The van der Waals surface area contributed by atoms with E-state index in [4.69, 9.17) is 5.73 Å². The standard InChI is InChI=1S/C8H8FN3/c9-6-2-1-5-4-11-8(10)12-7(5)3-6/h1-3,12H,4,10H2/q+1. The lowest BCUT2D eigenvalue weighted by molar-refractivity contribution is 0.627. The number of benzene rings is 1. The molecular formula is C8H8FN3+. The lowest BCUT2D eigenvalue weighted by Crippen LogP contribution is -2.31. The highest BCUT2D eigenvalue weighted by Crippen LogP contribution is 2.18. The van der Waals surface area contributed by atoms with Crippen molar-refractivity contribution in [3.05, 3.63) is 29.6 Å². The number of nitrogens with one attached hydrogen (secondary N) is 1. The number of halogens is 1. The summed E-state index contributed by atoms with van der Waals surface area (Å²) in [5, 5.41) is 2.79. The fourth-order valence-electron chi connectivity index (χ4n) is 1.15. The number of anilines is 1. The SMILES string of the molecule is NC1=[N+]Cc2ccc(F)cc2N1. The summed E-state index contributed by atoms with van der Waals surface area (Å²) in [4.78, 5) is 3.96. The van der Waals surface area contributed by atoms with E-state index in [1.165, 1.54) is 12.1 Å². The van der Waals surface area contributed by atoms with Crippen molar-refractivity contribution in [3.8, 4) is 0 Å². The first-order valence-electron chi connectivity index (χ1n) is 3.61. The van der Waals surface area contributed by atoms with Gasteiger partial charge in [0.1, 0.15) is 18.0 Å². The van der Waals surface area contributed by atoms with Crippen LogP contribution in [0.5, 0.6) is 0 Å². The molecule has 0 aliphatic carbocycles. The van der Waals surface area contributed by atoms with Crippen LogP contribution in [0.25, 0.3) is 0 Å². The van der Waals surface area contributed by atoms with Gasteiger partial charge in [-0.25, -0.2) is 9.71 Å². The van der Waals surface area contributed by atoms with Gasteiger partial charge in [-0.1, -0.05) is 0 Å². The number of hydrogen-bond acceptors (Lipinski definition) is 3. The fraction of sp³-hybridized carbons (Fsp3) is 0.125. The van der Waals surface area contributed by atoms with Gasteiger partial charge in [-0.05, 0) is 12.1 Å². The Morgan fingerprint density at radius 2 is 2.33 bits per heavy atom. The van der Waals surface area contributed by atoms with Crippen LogP contribution in [0.4, 0.5) is 10.1 Å². The lowest BCUT2D eigenvalue weighted by Gasteiger charge is -2.07. The summed E-state index contributed by atoms with van der Waals surface area (Å²) in [7, 11) is 0. The molecule has 0 bridgehead atoms. The number of aliphatic imine (C=N–C) groups is 1. The number of fused-ring (bicyclic) bond motifs is 1. The zero-order valence-electron chi connectivity index (χ0n) is 6.34. The second kappa shape index (κ2) is 2.48. The molecule has 1 aliphatic heterocycles. The maximum Gasteiger partial charge on any atom is 0.382 e. The molecule has 0 atom stereocenters. The first-order valence-corrected chi connectivity index (χ1v) is 3.61. The number of nitrogens with two attached hydrogens (primary N) is 1. The molecule has 0 saturated heterocycles. The van der Waals surface area contributed by atoms with E-state index >= 15 is 0 Å². The molecule has 2 rings (SSSR count). The average Bonchev–Trinajstić information content (AvgIpc) is 2.03. The van der Waals surface area contributed by atoms with Crippen molar-refractivity contribution in [2.45, 2.75) is 6.54 Å². The highest BCUT2D eigenvalue weighted by atomic mass is 19.1. The second-order valence-electron chi connectivity index (χ2n) is 2.63. The van der Waals surface area contributed by atoms with Crippen LogP contribution in [0.2, 0.25) is 0 Å². The molecule has 3 nitrogen and oxygen atoms in total. The number of nitrogens with zero attached hydrogens (tertiary/aromatic N) is 1. The van der Waals surface area contributed by atoms with Gasteiger partial charge in [-0.2, -0.15) is 0 Å². The van der Waals surface area contributed by atoms with E-state index in [1.807, 2.05) is 0 Å². The highest BCUT2D eigenvalue weighted by molar-refractivity contribution is 5.93. The summed E-state index contributed by atoms with van der Waals surface area (Å²) >= 11 is 0.